The van der Waals surface area contributed by atoms with Crippen molar-refractivity contribution in [3.8, 4) is 17.2 Å². The molecule has 0 spiro atoms. The Morgan fingerprint density at radius 2 is 1.58 bits per heavy atom. The van der Waals surface area contributed by atoms with Gasteiger partial charge in [-0.15, -0.1) is 0 Å². The second-order valence-corrected chi connectivity index (χ2v) is 5.62. The summed E-state index contributed by atoms with van der Waals surface area (Å²) < 4.78 is 15.8. The number of carbonyl (C=O) groups excluding carboxylic acids is 1. The lowest BCUT2D eigenvalue weighted by Gasteiger charge is -2.12. The Morgan fingerprint density at radius 3 is 2.12 bits per heavy atom. The molecule has 126 valence electrons. The second-order valence-electron chi connectivity index (χ2n) is 4.78. The first-order valence-corrected chi connectivity index (χ1v) is 7.73. The lowest BCUT2D eigenvalue weighted by atomic mass is 10.1. The zero-order valence-corrected chi connectivity index (χ0v) is 14.9. The highest BCUT2D eigenvalue weighted by Gasteiger charge is 2.13. The maximum Gasteiger partial charge on any atom is 0.203 e. The maximum atomic E-state index is 12.3. The normalized spacial score (nSPS) is 10.7. The fourth-order valence-electron chi connectivity index (χ4n) is 2.15. The molecule has 0 aliphatic carbocycles. The van der Waals surface area contributed by atoms with Crippen LogP contribution >= 0.6 is 23.2 Å². The third kappa shape index (κ3) is 4.02. The molecule has 0 N–H and O–H groups in total. The minimum absolute atomic E-state index is 0.253. The summed E-state index contributed by atoms with van der Waals surface area (Å²) in [5, 5.41) is 0.794. The van der Waals surface area contributed by atoms with Crippen LogP contribution in [0.3, 0.4) is 0 Å². The van der Waals surface area contributed by atoms with E-state index in [-0.39, 0.29) is 5.78 Å². The molecule has 0 fully saturated rings. The first-order chi connectivity index (χ1) is 11.5. The topological polar surface area (TPSA) is 44.8 Å². The quantitative estimate of drug-likeness (QED) is 0.537. The van der Waals surface area contributed by atoms with Crippen molar-refractivity contribution in [2.45, 2.75) is 0 Å². The monoisotopic (exact) mass is 366 g/mol. The molecule has 0 aliphatic heterocycles. The molecule has 0 amide bonds. The zero-order chi connectivity index (χ0) is 17.7. The third-order valence-electron chi connectivity index (χ3n) is 3.31. The molecular weight excluding hydrogens is 351 g/mol. The van der Waals surface area contributed by atoms with E-state index in [4.69, 9.17) is 37.4 Å². The highest BCUT2D eigenvalue weighted by atomic mass is 35.5. The van der Waals surface area contributed by atoms with Gasteiger partial charge >= 0.3 is 0 Å². The van der Waals surface area contributed by atoms with Gasteiger partial charge in [-0.3, -0.25) is 4.79 Å². The molecule has 2 rings (SSSR count). The molecule has 0 saturated heterocycles. The average Bonchev–Trinajstić information content (AvgIpc) is 2.60. The fraction of sp³-hybridized carbons (Fsp3) is 0.167. The van der Waals surface area contributed by atoms with Crippen LogP contribution < -0.4 is 14.2 Å². The smallest absolute Gasteiger partial charge is 0.203 e. The lowest BCUT2D eigenvalue weighted by molar-refractivity contribution is 0.104. The van der Waals surface area contributed by atoms with E-state index in [1.54, 1.807) is 30.3 Å². The largest absolute Gasteiger partial charge is 0.493 e. The van der Waals surface area contributed by atoms with Gasteiger partial charge in [0.25, 0.3) is 0 Å². The summed E-state index contributed by atoms with van der Waals surface area (Å²) >= 11 is 11.9. The molecule has 0 aromatic heterocycles. The lowest BCUT2D eigenvalue weighted by Crippen LogP contribution is -1.97. The van der Waals surface area contributed by atoms with Gasteiger partial charge in [0, 0.05) is 10.6 Å². The molecule has 0 radical (unpaired) electrons. The molecule has 24 heavy (non-hydrogen) atoms. The molecule has 2 aromatic carbocycles. The summed E-state index contributed by atoms with van der Waals surface area (Å²) in [4.78, 5) is 12.3. The van der Waals surface area contributed by atoms with Crippen molar-refractivity contribution in [2.24, 2.45) is 0 Å². The van der Waals surface area contributed by atoms with Crippen LogP contribution in [0.2, 0.25) is 10.0 Å². The third-order valence-corrected chi connectivity index (χ3v) is 3.87. The predicted molar refractivity (Wildman–Crippen MR) is 95.9 cm³/mol. The first kappa shape index (κ1) is 18.2. The van der Waals surface area contributed by atoms with Gasteiger partial charge in [-0.25, -0.2) is 0 Å². The van der Waals surface area contributed by atoms with E-state index in [0.717, 1.165) is 5.56 Å². The number of allylic oxidation sites excluding steroid dienone is 1. The van der Waals surface area contributed by atoms with Gasteiger partial charge in [0.15, 0.2) is 17.3 Å². The van der Waals surface area contributed by atoms with E-state index in [9.17, 15) is 4.79 Å². The molecule has 0 heterocycles. The van der Waals surface area contributed by atoms with Crippen LogP contribution in [-0.4, -0.2) is 27.1 Å². The molecule has 4 nitrogen and oxygen atoms in total. The van der Waals surface area contributed by atoms with Crippen LogP contribution in [0.4, 0.5) is 0 Å². The van der Waals surface area contributed by atoms with Crippen molar-refractivity contribution >= 4 is 35.1 Å². The summed E-state index contributed by atoms with van der Waals surface area (Å²) in [6.07, 6.45) is 3.06. The molecule has 0 bridgehead atoms. The van der Waals surface area contributed by atoms with Gasteiger partial charge < -0.3 is 14.2 Å². The van der Waals surface area contributed by atoms with Crippen molar-refractivity contribution in [1.29, 1.82) is 0 Å². The molecule has 6 heteroatoms. The van der Waals surface area contributed by atoms with Gasteiger partial charge in [-0.2, -0.15) is 0 Å². The molecular formula is C18H16Cl2O4. The summed E-state index contributed by atoms with van der Waals surface area (Å²) in [5.41, 5.74) is 1.06. The number of rotatable bonds is 6. The van der Waals surface area contributed by atoms with E-state index in [2.05, 4.69) is 0 Å². The van der Waals surface area contributed by atoms with E-state index in [0.29, 0.717) is 32.9 Å². The number of hydrogen-bond acceptors (Lipinski definition) is 4. The first-order valence-electron chi connectivity index (χ1n) is 6.97. The standard InChI is InChI=1S/C18H16Cl2O4/c1-22-16-8-11(9-17(23-2)18(16)24-3)4-7-15(21)13-10-12(19)5-6-14(13)20/h4-10H,1-3H3/b7-4+. The number of ether oxygens (including phenoxy) is 3. The summed E-state index contributed by atoms with van der Waals surface area (Å²) in [6, 6.07) is 8.23. The van der Waals surface area contributed by atoms with Crippen LogP contribution in [0.5, 0.6) is 17.2 Å². The Morgan fingerprint density at radius 1 is 0.958 bits per heavy atom. The van der Waals surface area contributed by atoms with E-state index < -0.39 is 0 Å². The van der Waals surface area contributed by atoms with Crippen molar-refractivity contribution < 1.29 is 19.0 Å². The van der Waals surface area contributed by atoms with Crippen LogP contribution in [0, 0.1) is 0 Å². The van der Waals surface area contributed by atoms with Crippen molar-refractivity contribution in [3.05, 3.63) is 57.6 Å². The highest BCUT2D eigenvalue weighted by Crippen LogP contribution is 2.38. The predicted octanol–water partition coefficient (Wildman–Crippen LogP) is 4.92. The van der Waals surface area contributed by atoms with Crippen molar-refractivity contribution in [2.75, 3.05) is 21.3 Å². The van der Waals surface area contributed by atoms with Gasteiger partial charge in [0.2, 0.25) is 5.75 Å². The van der Waals surface area contributed by atoms with Crippen LogP contribution in [0.15, 0.2) is 36.4 Å². The average molecular weight is 367 g/mol. The van der Waals surface area contributed by atoms with Crippen LogP contribution in [0.1, 0.15) is 15.9 Å². The fourth-order valence-corrected chi connectivity index (χ4v) is 2.53. The number of carbonyl (C=O) groups is 1. The van der Waals surface area contributed by atoms with Crippen molar-refractivity contribution in [1.82, 2.24) is 0 Å². The summed E-state index contributed by atoms with van der Waals surface area (Å²) in [6.45, 7) is 0. The van der Waals surface area contributed by atoms with Crippen LogP contribution in [-0.2, 0) is 0 Å². The van der Waals surface area contributed by atoms with Gasteiger partial charge in [0.1, 0.15) is 0 Å². The SMILES string of the molecule is COc1cc(/C=C/C(=O)c2cc(Cl)ccc2Cl)cc(OC)c1OC. The van der Waals surface area contributed by atoms with Crippen LogP contribution in [0.25, 0.3) is 6.08 Å². The number of methoxy groups -OCH3 is 3. The minimum Gasteiger partial charge on any atom is -0.493 e. The molecule has 0 saturated carbocycles. The number of halogens is 2. The highest BCUT2D eigenvalue weighted by molar-refractivity contribution is 6.36. The Bertz CT molecular complexity index is 760. The number of benzene rings is 2. The summed E-state index contributed by atoms with van der Waals surface area (Å²) in [7, 11) is 4.59. The minimum atomic E-state index is -0.253. The van der Waals surface area contributed by atoms with Crippen molar-refractivity contribution in [3.63, 3.8) is 0 Å². The van der Waals surface area contributed by atoms with Gasteiger partial charge in [0.05, 0.1) is 26.4 Å². The molecule has 2 aromatic rings. The Hall–Kier alpha value is -2.17. The Balaban J connectivity index is 2.34. The molecule has 0 unspecified atom stereocenters. The second kappa shape index (κ2) is 8.08. The van der Waals surface area contributed by atoms with E-state index in [1.165, 1.54) is 33.5 Å². The Labute approximate surface area is 150 Å². The van der Waals surface area contributed by atoms with Gasteiger partial charge in [-0.05, 0) is 42.0 Å². The zero-order valence-electron chi connectivity index (χ0n) is 13.4. The summed E-state index contributed by atoms with van der Waals surface area (Å²) in [5.74, 6) is 1.24. The number of ketones is 1. The molecule has 0 atom stereocenters. The van der Waals surface area contributed by atoms with E-state index >= 15 is 0 Å². The number of hydrogen-bond donors (Lipinski definition) is 0. The Kier molecular flexibility index (Phi) is 6.12. The van der Waals surface area contributed by atoms with E-state index in [1.807, 2.05) is 0 Å². The van der Waals surface area contributed by atoms with Gasteiger partial charge in [-0.1, -0.05) is 29.3 Å². The molecule has 0 aliphatic rings. The maximum absolute atomic E-state index is 12.3.